The highest BCUT2D eigenvalue weighted by Gasteiger charge is 2.24. The maximum absolute atomic E-state index is 12.0. The number of carbonyl (C=O) groups is 3. The van der Waals surface area contributed by atoms with Crippen molar-refractivity contribution in [1.82, 2.24) is 15.6 Å². The molecule has 0 unspecified atom stereocenters. The summed E-state index contributed by atoms with van der Waals surface area (Å²) in [4.78, 5) is 40.2. The molecule has 0 spiro atoms. The fraction of sp³-hybridized carbons (Fsp3) is 0.333. The molecular formula is C18H20N4O3S. The number of hydrogen-bond donors (Lipinski definition) is 3. The summed E-state index contributed by atoms with van der Waals surface area (Å²) in [6, 6.07) is 6.79. The van der Waals surface area contributed by atoms with Gasteiger partial charge in [-0.1, -0.05) is 6.07 Å². The van der Waals surface area contributed by atoms with Gasteiger partial charge in [0.2, 0.25) is 0 Å². The molecule has 3 amide bonds. The number of benzene rings is 1. The van der Waals surface area contributed by atoms with E-state index >= 15 is 0 Å². The van der Waals surface area contributed by atoms with Crippen molar-refractivity contribution < 1.29 is 14.4 Å². The molecule has 1 heterocycles. The maximum atomic E-state index is 12.0. The minimum atomic E-state index is -0.764. The molecule has 3 N–H and O–H groups in total. The third-order valence-electron chi connectivity index (χ3n) is 3.79. The third kappa shape index (κ3) is 5.13. The van der Waals surface area contributed by atoms with Crippen LogP contribution in [-0.2, 0) is 16.0 Å². The van der Waals surface area contributed by atoms with E-state index in [1.165, 1.54) is 11.3 Å². The van der Waals surface area contributed by atoms with Gasteiger partial charge in [-0.05, 0) is 38.0 Å². The topological polar surface area (TPSA) is 100 Å². The fourth-order valence-electron chi connectivity index (χ4n) is 2.30. The first kappa shape index (κ1) is 18.1. The van der Waals surface area contributed by atoms with Crippen molar-refractivity contribution >= 4 is 34.7 Å². The van der Waals surface area contributed by atoms with Gasteiger partial charge in [-0.25, -0.2) is 4.98 Å². The van der Waals surface area contributed by atoms with E-state index in [9.17, 15) is 14.4 Å². The van der Waals surface area contributed by atoms with Crippen molar-refractivity contribution in [2.45, 2.75) is 32.2 Å². The van der Waals surface area contributed by atoms with Crippen LogP contribution < -0.4 is 16.0 Å². The summed E-state index contributed by atoms with van der Waals surface area (Å²) in [6.07, 6.45) is 2.58. The monoisotopic (exact) mass is 372 g/mol. The largest absolute Gasteiger partial charge is 0.349 e. The number of nitrogens with zero attached hydrogens (tertiary/aromatic N) is 1. The number of carbonyl (C=O) groups excluding carboxylic acids is 3. The highest BCUT2D eigenvalue weighted by molar-refractivity contribution is 7.09. The van der Waals surface area contributed by atoms with Gasteiger partial charge in [0.25, 0.3) is 5.91 Å². The lowest BCUT2D eigenvalue weighted by atomic mass is 10.2. The molecule has 0 aliphatic heterocycles. The Hall–Kier alpha value is -2.74. The molecule has 1 fully saturated rings. The van der Waals surface area contributed by atoms with Crippen LogP contribution in [0.4, 0.5) is 5.69 Å². The Labute approximate surface area is 155 Å². The van der Waals surface area contributed by atoms with Gasteiger partial charge in [0.1, 0.15) is 0 Å². The van der Waals surface area contributed by atoms with Crippen LogP contribution in [0.3, 0.4) is 0 Å². The average Bonchev–Trinajstić information content (AvgIpc) is 3.34. The first-order valence-corrected chi connectivity index (χ1v) is 9.30. The summed E-state index contributed by atoms with van der Waals surface area (Å²) >= 11 is 1.52. The number of thiazole rings is 1. The van der Waals surface area contributed by atoms with Crippen molar-refractivity contribution in [3.05, 3.63) is 45.9 Å². The van der Waals surface area contributed by atoms with Gasteiger partial charge in [-0.3, -0.25) is 14.4 Å². The molecule has 7 nitrogen and oxygen atoms in total. The van der Waals surface area contributed by atoms with Crippen LogP contribution in [0.1, 0.15) is 33.9 Å². The third-order valence-corrected chi connectivity index (χ3v) is 4.82. The summed E-state index contributed by atoms with van der Waals surface area (Å²) < 4.78 is 0. The lowest BCUT2D eigenvalue weighted by Crippen LogP contribution is -2.36. The second-order valence-electron chi connectivity index (χ2n) is 6.17. The first-order chi connectivity index (χ1) is 12.5. The number of amides is 3. The van der Waals surface area contributed by atoms with Crippen LogP contribution >= 0.6 is 11.3 Å². The molecule has 1 aliphatic rings. The zero-order valence-electron chi connectivity index (χ0n) is 14.4. The van der Waals surface area contributed by atoms with Gasteiger partial charge >= 0.3 is 11.8 Å². The second kappa shape index (κ2) is 8.09. The quantitative estimate of drug-likeness (QED) is 0.671. The lowest BCUT2D eigenvalue weighted by molar-refractivity contribution is -0.136. The van der Waals surface area contributed by atoms with E-state index in [-0.39, 0.29) is 11.9 Å². The van der Waals surface area contributed by atoms with E-state index in [0.29, 0.717) is 24.2 Å². The predicted octanol–water partition coefficient (Wildman–Crippen LogP) is 1.64. The van der Waals surface area contributed by atoms with Crippen molar-refractivity contribution in [2.24, 2.45) is 0 Å². The van der Waals surface area contributed by atoms with Gasteiger partial charge < -0.3 is 16.0 Å². The van der Waals surface area contributed by atoms with E-state index in [1.807, 2.05) is 12.3 Å². The van der Waals surface area contributed by atoms with Crippen LogP contribution in [0.5, 0.6) is 0 Å². The molecule has 1 aromatic carbocycles. The molecular weight excluding hydrogens is 352 g/mol. The molecule has 1 aromatic heterocycles. The first-order valence-electron chi connectivity index (χ1n) is 8.42. The normalized spacial score (nSPS) is 13.1. The molecule has 0 bridgehead atoms. The maximum Gasteiger partial charge on any atom is 0.313 e. The Morgan fingerprint density at radius 2 is 2.04 bits per heavy atom. The molecule has 0 radical (unpaired) electrons. The molecule has 0 atom stereocenters. The fourth-order valence-corrected chi connectivity index (χ4v) is 3.08. The van der Waals surface area contributed by atoms with E-state index in [2.05, 4.69) is 20.9 Å². The number of nitrogens with one attached hydrogen (secondary N) is 3. The lowest BCUT2D eigenvalue weighted by Gasteiger charge is -2.08. The SMILES string of the molecule is Cc1csc(CCNC(=O)C(=O)Nc2cccc(C(=O)NC3CC3)c2)n1. The predicted molar refractivity (Wildman–Crippen MR) is 99.1 cm³/mol. The minimum absolute atomic E-state index is 0.174. The summed E-state index contributed by atoms with van der Waals surface area (Å²) in [5.41, 5.74) is 1.80. The van der Waals surface area contributed by atoms with E-state index in [1.54, 1.807) is 24.3 Å². The molecule has 2 aromatic rings. The Bertz CT molecular complexity index is 829. The van der Waals surface area contributed by atoms with Crippen LogP contribution in [-0.4, -0.2) is 35.3 Å². The van der Waals surface area contributed by atoms with Crippen molar-refractivity contribution in [3.63, 3.8) is 0 Å². The zero-order valence-corrected chi connectivity index (χ0v) is 15.2. The standard InChI is InChI=1S/C18H20N4O3S/c1-11-10-26-15(20-11)7-8-19-17(24)18(25)22-14-4-2-3-12(9-14)16(23)21-13-5-6-13/h2-4,9-10,13H,5-8H2,1H3,(H,19,24)(H,21,23)(H,22,25). The van der Waals surface area contributed by atoms with Crippen LogP contribution in [0, 0.1) is 6.92 Å². The zero-order chi connectivity index (χ0) is 18.5. The molecule has 1 saturated carbocycles. The molecule has 1 aliphatic carbocycles. The molecule has 8 heteroatoms. The molecule has 0 saturated heterocycles. The van der Waals surface area contributed by atoms with Crippen molar-refractivity contribution in [3.8, 4) is 0 Å². The smallest absolute Gasteiger partial charge is 0.313 e. The number of aromatic nitrogens is 1. The van der Waals surface area contributed by atoms with Gasteiger partial charge in [0.05, 0.1) is 5.01 Å². The highest BCUT2D eigenvalue weighted by Crippen LogP contribution is 2.20. The van der Waals surface area contributed by atoms with Crippen LogP contribution in [0.2, 0.25) is 0 Å². The van der Waals surface area contributed by atoms with Crippen LogP contribution in [0.25, 0.3) is 0 Å². The van der Waals surface area contributed by atoms with E-state index in [0.717, 1.165) is 23.5 Å². The molecule has 26 heavy (non-hydrogen) atoms. The van der Waals surface area contributed by atoms with Gasteiger partial charge in [0.15, 0.2) is 0 Å². The summed E-state index contributed by atoms with van der Waals surface area (Å²) in [5.74, 6) is -1.65. The van der Waals surface area contributed by atoms with E-state index < -0.39 is 11.8 Å². The molecule has 3 rings (SSSR count). The van der Waals surface area contributed by atoms with Gasteiger partial charge in [0, 0.05) is 41.3 Å². The number of rotatable bonds is 6. The Morgan fingerprint density at radius 3 is 2.73 bits per heavy atom. The number of anilines is 1. The summed E-state index contributed by atoms with van der Waals surface area (Å²) in [6.45, 7) is 2.24. The van der Waals surface area contributed by atoms with Crippen molar-refractivity contribution in [2.75, 3.05) is 11.9 Å². The van der Waals surface area contributed by atoms with Crippen molar-refractivity contribution in [1.29, 1.82) is 0 Å². The Balaban J connectivity index is 1.48. The molecule has 136 valence electrons. The highest BCUT2D eigenvalue weighted by atomic mass is 32.1. The summed E-state index contributed by atoms with van der Waals surface area (Å²) in [5, 5.41) is 10.8. The second-order valence-corrected chi connectivity index (χ2v) is 7.11. The number of hydrogen-bond acceptors (Lipinski definition) is 5. The average molecular weight is 372 g/mol. The van der Waals surface area contributed by atoms with Gasteiger partial charge in [-0.2, -0.15) is 0 Å². The summed E-state index contributed by atoms with van der Waals surface area (Å²) in [7, 11) is 0. The van der Waals surface area contributed by atoms with Crippen LogP contribution in [0.15, 0.2) is 29.6 Å². The minimum Gasteiger partial charge on any atom is -0.349 e. The Kier molecular flexibility index (Phi) is 5.62. The van der Waals surface area contributed by atoms with Gasteiger partial charge in [-0.15, -0.1) is 11.3 Å². The Morgan fingerprint density at radius 1 is 1.23 bits per heavy atom. The van der Waals surface area contributed by atoms with E-state index in [4.69, 9.17) is 0 Å². The number of aryl methyl sites for hydroxylation is 1.